The lowest BCUT2D eigenvalue weighted by atomic mass is 10.2. The molecule has 8 nitrogen and oxygen atoms in total. The van der Waals surface area contributed by atoms with Crippen LogP contribution in [-0.2, 0) is 16.4 Å². The van der Waals surface area contributed by atoms with Crippen molar-refractivity contribution >= 4 is 36.9 Å². The quantitative estimate of drug-likeness (QED) is 0.655. The number of hydrogen-bond donors (Lipinski definition) is 1. The molecule has 0 saturated carbocycles. The van der Waals surface area contributed by atoms with Gasteiger partial charge in [-0.15, -0.1) is 0 Å². The Labute approximate surface area is 158 Å². The van der Waals surface area contributed by atoms with Gasteiger partial charge in [-0.2, -0.15) is 10.2 Å². The minimum Gasteiger partial charge on any atom is -0.481 e. The molecule has 26 heavy (non-hydrogen) atoms. The van der Waals surface area contributed by atoms with Crippen molar-refractivity contribution in [3.8, 4) is 17.9 Å². The fraction of sp³-hybridized carbons (Fsp3) is 0.188. The highest BCUT2D eigenvalue weighted by molar-refractivity contribution is 9.10. The van der Waals surface area contributed by atoms with Crippen LogP contribution in [0.15, 0.2) is 40.0 Å². The third kappa shape index (κ3) is 3.41. The molecule has 134 valence electrons. The van der Waals surface area contributed by atoms with E-state index in [1.54, 1.807) is 24.4 Å². The summed E-state index contributed by atoms with van der Waals surface area (Å²) in [5.41, 5.74) is 1.28. The second-order valence-electron chi connectivity index (χ2n) is 5.43. The molecule has 0 radical (unpaired) electrons. The highest BCUT2D eigenvalue weighted by Crippen LogP contribution is 2.29. The zero-order chi connectivity index (χ0) is 18.9. The largest absolute Gasteiger partial charge is 0.481 e. The lowest BCUT2D eigenvalue weighted by Crippen LogP contribution is -2.11. The average Bonchev–Trinajstić information content (AvgIpc) is 2.98. The third-order valence-corrected chi connectivity index (χ3v) is 5.20. The van der Waals surface area contributed by atoms with Crippen LogP contribution in [-0.4, -0.2) is 30.1 Å². The molecule has 3 aromatic rings. The van der Waals surface area contributed by atoms with E-state index in [4.69, 9.17) is 15.1 Å². The van der Waals surface area contributed by atoms with Crippen molar-refractivity contribution < 1.29 is 13.2 Å². The molecule has 0 aliphatic carbocycles. The molecule has 0 atom stereocenters. The highest BCUT2D eigenvalue weighted by atomic mass is 79.9. The van der Waals surface area contributed by atoms with E-state index in [-0.39, 0.29) is 10.8 Å². The highest BCUT2D eigenvalue weighted by Gasteiger charge is 2.20. The number of primary sulfonamides is 1. The van der Waals surface area contributed by atoms with E-state index in [2.05, 4.69) is 32.0 Å². The molecule has 0 aliphatic heterocycles. The molecule has 0 fully saturated rings. The predicted octanol–water partition coefficient (Wildman–Crippen LogP) is 2.30. The maximum atomic E-state index is 11.9. The first-order valence-electron chi connectivity index (χ1n) is 7.46. The summed E-state index contributed by atoms with van der Waals surface area (Å²) in [4.78, 5) is 8.64. The number of nitriles is 1. The average molecular weight is 436 g/mol. The lowest BCUT2D eigenvalue weighted by Gasteiger charge is -2.09. The molecular formula is C16H14BrN5O3S. The zero-order valence-electron chi connectivity index (χ0n) is 13.7. The number of aromatic nitrogens is 3. The summed E-state index contributed by atoms with van der Waals surface area (Å²) in [6, 6.07) is 7.21. The summed E-state index contributed by atoms with van der Waals surface area (Å²) in [5.74, 6) is 0.569. The summed E-state index contributed by atoms with van der Waals surface area (Å²) < 4.78 is 31.5. The summed E-state index contributed by atoms with van der Waals surface area (Å²) in [5, 5.41) is 14.5. The molecule has 0 bridgehead atoms. The fourth-order valence-electron chi connectivity index (χ4n) is 2.60. The van der Waals surface area contributed by atoms with Crippen molar-refractivity contribution in [2.24, 2.45) is 5.14 Å². The van der Waals surface area contributed by atoms with Gasteiger partial charge in [0.05, 0.1) is 18.7 Å². The van der Waals surface area contributed by atoms with Gasteiger partial charge in [-0.3, -0.25) is 4.57 Å². The van der Waals surface area contributed by atoms with Crippen molar-refractivity contribution in [2.75, 3.05) is 7.11 Å². The second kappa shape index (κ2) is 7.03. The smallest absolute Gasteiger partial charge is 0.240 e. The van der Waals surface area contributed by atoms with Gasteiger partial charge in [0.1, 0.15) is 4.90 Å². The number of benzene rings is 1. The molecule has 2 N–H and O–H groups in total. The first-order chi connectivity index (χ1) is 12.3. The van der Waals surface area contributed by atoms with Crippen molar-refractivity contribution in [1.82, 2.24) is 14.5 Å². The number of nitrogens with zero attached hydrogens (tertiary/aromatic N) is 4. The van der Waals surface area contributed by atoms with Gasteiger partial charge in [-0.1, -0.05) is 22.0 Å². The molecule has 2 aromatic heterocycles. The van der Waals surface area contributed by atoms with Crippen molar-refractivity contribution in [1.29, 1.82) is 5.26 Å². The van der Waals surface area contributed by atoms with Gasteiger partial charge in [-0.25, -0.2) is 18.5 Å². The van der Waals surface area contributed by atoms with Crippen LogP contribution in [0.4, 0.5) is 0 Å². The maximum absolute atomic E-state index is 11.9. The number of ether oxygens (including phenoxy) is 1. The summed E-state index contributed by atoms with van der Waals surface area (Å²) in [7, 11) is -2.45. The topological polar surface area (TPSA) is 124 Å². The molecule has 0 aliphatic rings. The van der Waals surface area contributed by atoms with Gasteiger partial charge in [-0.05, 0) is 18.6 Å². The number of halogens is 1. The first kappa shape index (κ1) is 18.3. The number of aryl methyl sites for hydroxylation is 1. The van der Waals surface area contributed by atoms with Crippen molar-refractivity contribution in [2.45, 2.75) is 17.7 Å². The fourth-order valence-corrected chi connectivity index (χ4v) is 3.68. The lowest BCUT2D eigenvalue weighted by molar-refractivity contribution is 0.390. The minimum atomic E-state index is -3.92. The van der Waals surface area contributed by atoms with Crippen LogP contribution >= 0.6 is 15.9 Å². The molecule has 0 saturated heterocycles. The normalized spacial score (nSPS) is 11.5. The SMILES string of the molecule is COc1nc(-n2cc(S(N)(=O)=O)c3ccc(Br)cc32)ncc1CCC#N. The van der Waals surface area contributed by atoms with Gasteiger partial charge in [0.15, 0.2) is 0 Å². The number of methoxy groups -OCH3 is 1. The molecule has 10 heteroatoms. The minimum absolute atomic E-state index is 0.0175. The molecular weight excluding hydrogens is 422 g/mol. The maximum Gasteiger partial charge on any atom is 0.240 e. The van der Waals surface area contributed by atoms with Crippen LogP contribution in [0.2, 0.25) is 0 Å². The molecule has 0 unspecified atom stereocenters. The Balaban J connectivity index is 2.22. The van der Waals surface area contributed by atoms with Gasteiger partial charge in [0.2, 0.25) is 21.9 Å². The van der Waals surface area contributed by atoms with Crippen LogP contribution in [0.3, 0.4) is 0 Å². The second-order valence-corrected chi connectivity index (χ2v) is 7.88. The molecule has 2 heterocycles. The van der Waals surface area contributed by atoms with E-state index in [9.17, 15) is 8.42 Å². The van der Waals surface area contributed by atoms with E-state index in [0.717, 1.165) is 4.47 Å². The van der Waals surface area contributed by atoms with Crippen LogP contribution in [0.1, 0.15) is 12.0 Å². The van der Waals surface area contributed by atoms with E-state index >= 15 is 0 Å². The molecule has 3 rings (SSSR count). The van der Waals surface area contributed by atoms with Gasteiger partial charge >= 0.3 is 0 Å². The third-order valence-electron chi connectivity index (χ3n) is 3.76. The van der Waals surface area contributed by atoms with Crippen LogP contribution < -0.4 is 9.88 Å². The number of sulfonamides is 1. The van der Waals surface area contributed by atoms with E-state index in [1.807, 2.05) is 0 Å². The summed E-state index contributed by atoms with van der Waals surface area (Å²) in [6.45, 7) is 0. The van der Waals surface area contributed by atoms with Gasteiger partial charge < -0.3 is 4.74 Å². The summed E-state index contributed by atoms with van der Waals surface area (Å²) in [6.07, 6.45) is 3.73. The van der Waals surface area contributed by atoms with Crippen LogP contribution in [0, 0.1) is 11.3 Å². The molecule has 1 aromatic carbocycles. The zero-order valence-corrected chi connectivity index (χ0v) is 16.1. The molecule has 0 amide bonds. The van der Waals surface area contributed by atoms with E-state index in [1.165, 1.54) is 17.9 Å². The Morgan fingerprint density at radius 3 is 2.85 bits per heavy atom. The Morgan fingerprint density at radius 2 is 2.19 bits per heavy atom. The van der Waals surface area contributed by atoms with Gasteiger partial charge in [0, 0.05) is 34.2 Å². The number of hydrogen-bond acceptors (Lipinski definition) is 6. The van der Waals surface area contributed by atoms with E-state index < -0.39 is 10.0 Å². The van der Waals surface area contributed by atoms with Gasteiger partial charge in [0.25, 0.3) is 0 Å². The number of rotatable bonds is 5. The Hall–Kier alpha value is -2.48. The Morgan fingerprint density at radius 1 is 1.42 bits per heavy atom. The number of nitrogens with two attached hydrogens (primary N) is 1. The Bertz CT molecular complexity index is 1130. The van der Waals surface area contributed by atoms with Crippen molar-refractivity contribution in [3.05, 3.63) is 40.6 Å². The Kier molecular flexibility index (Phi) is 4.95. The summed E-state index contributed by atoms with van der Waals surface area (Å²) >= 11 is 3.38. The monoisotopic (exact) mass is 435 g/mol. The first-order valence-corrected chi connectivity index (χ1v) is 9.79. The van der Waals surface area contributed by atoms with Crippen LogP contribution in [0.5, 0.6) is 5.88 Å². The predicted molar refractivity (Wildman–Crippen MR) is 98.4 cm³/mol. The number of fused-ring (bicyclic) bond motifs is 1. The standard InChI is InChI=1S/C16H14BrN5O3S/c1-25-15-10(3-2-6-18)8-20-16(21-15)22-9-14(26(19,23)24)12-5-4-11(17)7-13(12)22/h4-5,7-9H,2-3H2,1H3,(H2,19,23,24). The van der Waals surface area contributed by atoms with Crippen molar-refractivity contribution in [3.63, 3.8) is 0 Å². The molecule has 0 spiro atoms. The van der Waals surface area contributed by atoms with Crippen LogP contribution in [0.25, 0.3) is 16.9 Å². The van der Waals surface area contributed by atoms with E-state index in [0.29, 0.717) is 35.2 Å².